The summed E-state index contributed by atoms with van der Waals surface area (Å²) in [6, 6.07) is 13.7. The van der Waals surface area contributed by atoms with Gasteiger partial charge in [-0.3, -0.25) is 4.79 Å². The Hall–Kier alpha value is -1.75. The fourth-order valence-corrected chi connectivity index (χ4v) is 4.59. The van der Waals surface area contributed by atoms with Crippen molar-refractivity contribution in [1.82, 2.24) is 4.90 Å². The van der Waals surface area contributed by atoms with Crippen LogP contribution in [-0.2, 0) is 11.2 Å². The van der Waals surface area contributed by atoms with Gasteiger partial charge in [0.05, 0.1) is 0 Å². The van der Waals surface area contributed by atoms with E-state index in [-0.39, 0.29) is 17.9 Å². The van der Waals surface area contributed by atoms with Gasteiger partial charge in [0.15, 0.2) is 0 Å². The van der Waals surface area contributed by atoms with Crippen molar-refractivity contribution in [3.8, 4) is 0 Å². The Morgan fingerprint density at radius 2 is 1.58 bits per heavy atom. The highest BCUT2D eigenvalue weighted by atomic mass is 35.5. The molecule has 3 rings (SSSR count). The van der Waals surface area contributed by atoms with E-state index in [0.717, 1.165) is 42.7 Å². The molecule has 0 bridgehead atoms. The molecule has 1 aliphatic rings. The quantitative estimate of drug-likeness (QED) is 0.586. The Labute approximate surface area is 196 Å². The third kappa shape index (κ3) is 6.38. The van der Waals surface area contributed by atoms with Gasteiger partial charge in [0.1, 0.15) is 0 Å². The zero-order valence-corrected chi connectivity index (χ0v) is 20.2. The zero-order chi connectivity index (χ0) is 22.5. The monoisotopic (exact) mass is 461 g/mol. The van der Waals surface area contributed by atoms with Gasteiger partial charge < -0.3 is 15.5 Å². The molecule has 4 nitrogen and oxygen atoms in total. The van der Waals surface area contributed by atoms with Gasteiger partial charge in [-0.25, -0.2) is 0 Å². The molecule has 1 amide bonds. The minimum Gasteiger partial charge on any atom is -0.368 e. The molecule has 0 aliphatic carbocycles. The second-order valence-electron chi connectivity index (χ2n) is 8.98. The van der Waals surface area contributed by atoms with E-state index in [9.17, 15) is 4.79 Å². The summed E-state index contributed by atoms with van der Waals surface area (Å²) < 4.78 is 0. The lowest BCUT2D eigenvalue weighted by molar-refractivity contribution is -0.135. The molecule has 0 aromatic heterocycles. The molecular weight excluding hydrogens is 429 g/mol. The van der Waals surface area contributed by atoms with Gasteiger partial charge in [-0.2, -0.15) is 0 Å². The molecule has 1 saturated heterocycles. The Balaban J connectivity index is 1.62. The van der Waals surface area contributed by atoms with Gasteiger partial charge in [0.2, 0.25) is 5.91 Å². The Bertz CT molecular complexity index is 877. The van der Waals surface area contributed by atoms with Gasteiger partial charge in [-0.15, -0.1) is 0 Å². The molecule has 2 aromatic carbocycles. The second kappa shape index (κ2) is 10.7. The molecule has 0 radical (unpaired) electrons. The summed E-state index contributed by atoms with van der Waals surface area (Å²) in [5.41, 5.74) is 9.88. The van der Waals surface area contributed by atoms with Crippen molar-refractivity contribution in [3.05, 3.63) is 63.6 Å². The Kier molecular flexibility index (Phi) is 8.26. The average Bonchev–Trinajstić information content (AvgIpc) is 2.74. The van der Waals surface area contributed by atoms with E-state index in [4.69, 9.17) is 28.9 Å². The van der Waals surface area contributed by atoms with Crippen molar-refractivity contribution in [2.45, 2.75) is 39.7 Å². The molecule has 2 N–H and O–H groups in total. The summed E-state index contributed by atoms with van der Waals surface area (Å²) in [5, 5.41) is 1.43. The number of piperazine rings is 1. The van der Waals surface area contributed by atoms with Crippen LogP contribution < -0.4 is 10.6 Å². The van der Waals surface area contributed by atoms with E-state index < -0.39 is 0 Å². The fourth-order valence-electron chi connectivity index (χ4n) is 4.29. The third-order valence-electron chi connectivity index (χ3n) is 5.92. The van der Waals surface area contributed by atoms with Gasteiger partial charge in [0.25, 0.3) is 0 Å². The van der Waals surface area contributed by atoms with Crippen LogP contribution in [0.15, 0.2) is 42.5 Å². The molecule has 1 fully saturated rings. The number of carbonyl (C=O) groups is 1. The first-order chi connectivity index (χ1) is 14.7. The van der Waals surface area contributed by atoms with Crippen LogP contribution in [0.5, 0.6) is 0 Å². The standard InChI is InChI=1S/C25H33Cl2N3O/c1-17(2)14-23(28)22-16-21(27)8-9-24(22)29-10-12-30(13-11-29)25(31)18(3)15-19-4-6-20(26)7-5-19/h4-9,16-18,23H,10-15,28H2,1-3H3/t18?,23-/m0/s1. The molecule has 0 spiro atoms. The predicted octanol–water partition coefficient (Wildman–Crippen LogP) is 5.57. The van der Waals surface area contributed by atoms with Gasteiger partial charge in [0, 0.05) is 53.9 Å². The number of halogens is 2. The first-order valence-corrected chi connectivity index (χ1v) is 11.8. The summed E-state index contributed by atoms with van der Waals surface area (Å²) in [7, 11) is 0. The van der Waals surface area contributed by atoms with Crippen molar-refractivity contribution in [2.24, 2.45) is 17.6 Å². The summed E-state index contributed by atoms with van der Waals surface area (Å²) >= 11 is 12.2. The summed E-state index contributed by atoms with van der Waals surface area (Å²) in [6.45, 7) is 9.38. The SMILES string of the molecule is CC(C)C[C@H](N)c1cc(Cl)ccc1N1CCN(C(=O)C(C)Cc2ccc(Cl)cc2)CC1. The molecule has 1 unspecified atom stereocenters. The van der Waals surface area contributed by atoms with Gasteiger partial charge >= 0.3 is 0 Å². The Morgan fingerprint density at radius 3 is 2.19 bits per heavy atom. The number of anilines is 1. The van der Waals surface area contributed by atoms with Crippen molar-refractivity contribution >= 4 is 34.8 Å². The van der Waals surface area contributed by atoms with Gasteiger partial charge in [-0.05, 0) is 60.2 Å². The van der Waals surface area contributed by atoms with Crippen LogP contribution in [0.1, 0.15) is 44.4 Å². The molecule has 2 atom stereocenters. The number of benzene rings is 2. The minimum absolute atomic E-state index is 0.0484. The smallest absolute Gasteiger partial charge is 0.225 e. The van der Waals surface area contributed by atoms with E-state index in [1.807, 2.05) is 48.2 Å². The normalized spacial score (nSPS) is 16.5. The highest BCUT2D eigenvalue weighted by Gasteiger charge is 2.27. The van der Waals surface area contributed by atoms with E-state index in [1.165, 1.54) is 0 Å². The molecule has 31 heavy (non-hydrogen) atoms. The minimum atomic E-state index is -0.0571. The van der Waals surface area contributed by atoms with Crippen molar-refractivity contribution in [3.63, 3.8) is 0 Å². The third-order valence-corrected chi connectivity index (χ3v) is 6.41. The molecular formula is C25H33Cl2N3O. The van der Waals surface area contributed by atoms with Crippen molar-refractivity contribution in [1.29, 1.82) is 0 Å². The number of carbonyl (C=O) groups excluding carboxylic acids is 1. The molecule has 168 valence electrons. The largest absolute Gasteiger partial charge is 0.368 e. The Morgan fingerprint density at radius 1 is 0.968 bits per heavy atom. The fraction of sp³-hybridized carbons (Fsp3) is 0.480. The summed E-state index contributed by atoms with van der Waals surface area (Å²) in [5.74, 6) is 0.666. The molecule has 6 heteroatoms. The number of nitrogens with zero attached hydrogens (tertiary/aromatic N) is 2. The first kappa shape index (κ1) is 23.9. The highest BCUT2D eigenvalue weighted by Crippen LogP contribution is 2.32. The van der Waals surface area contributed by atoms with E-state index in [0.29, 0.717) is 29.1 Å². The maximum atomic E-state index is 13.0. The predicted molar refractivity (Wildman–Crippen MR) is 131 cm³/mol. The molecule has 1 heterocycles. The van der Waals surface area contributed by atoms with Crippen LogP contribution in [0.3, 0.4) is 0 Å². The summed E-state index contributed by atoms with van der Waals surface area (Å²) in [4.78, 5) is 17.3. The number of hydrogen-bond donors (Lipinski definition) is 1. The lowest BCUT2D eigenvalue weighted by Crippen LogP contribution is -2.50. The zero-order valence-electron chi connectivity index (χ0n) is 18.7. The van der Waals surface area contributed by atoms with E-state index in [1.54, 1.807) is 0 Å². The van der Waals surface area contributed by atoms with Crippen LogP contribution in [0.25, 0.3) is 0 Å². The van der Waals surface area contributed by atoms with Crippen LogP contribution in [-0.4, -0.2) is 37.0 Å². The topological polar surface area (TPSA) is 49.6 Å². The maximum Gasteiger partial charge on any atom is 0.225 e. The van der Waals surface area contributed by atoms with Gasteiger partial charge in [-0.1, -0.05) is 56.1 Å². The van der Waals surface area contributed by atoms with Crippen LogP contribution in [0, 0.1) is 11.8 Å². The number of nitrogens with two attached hydrogens (primary N) is 1. The lowest BCUT2D eigenvalue weighted by atomic mass is 9.95. The second-order valence-corrected chi connectivity index (χ2v) is 9.86. The number of amides is 1. The van der Waals surface area contributed by atoms with Crippen molar-refractivity contribution in [2.75, 3.05) is 31.1 Å². The molecule has 1 aliphatic heterocycles. The van der Waals surface area contributed by atoms with Crippen molar-refractivity contribution < 1.29 is 4.79 Å². The molecule has 2 aromatic rings. The lowest BCUT2D eigenvalue weighted by Gasteiger charge is -2.38. The van der Waals surface area contributed by atoms with Crippen LogP contribution in [0.2, 0.25) is 10.0 Å². The highest BCUT2D eigenvalue weighted by molar-refractivity contribution is 6.31. The number of rotatable bonds is 7. The summed E-state index contributed by atoms with van der Waals surface area (Å²) in [6.07, 6.45) is 1.63. The van der Waals surface area contributed by atoms with Crippen LogP contribution >= 0.6 is 23.2 Å². The van der Waals surface area contributed by atoms with E-state index in [2.05, 4.69) is 24.8 Å². The van der Waals surface area contributed by atoms with E-state index >= 15 is 0 Å². The maximum absolute atomic E-state index is 13.0. The average molecular weight is 462 g/mol. The first-order valence-electron chi connectivity index (χ1n) is 11.1. The molecule has 0 saturated carbocycles. The number of hydrogen-bond acceptors (Lipinski definition) is 3. The van der Waals surface area contributed by atoms with Crippen LogP contribution in [0.4, 0.5) is 5.69 Å².